The summed E-state index contributed by atoms with van der Waals surface area (Å²) in [6.45, 7) is 3.10. The average Bonchev–Trinajstić information content (AvgIpc) is 1.97. The monoisotopic (exact) mass is 237 g/mol. The number of alkyl halides is 1. The molecule has 0 aliphatic rings. The van der Waals surface area contributed by atoms with Crippen molar-refractivity contribution in [3.05, 3.63) is 0 Å². The van der Waals surface area contributed by atoms with E-state index >= 15 is 0 Å². The fourth-order valence-corrected chi connectivity index (χ4v) is 0.981. The van der Waals surface area contributed by atoms with Crippen LogP contribution in [-0.2, 0) is 14.3 Å². The molecule has 0 aromatic carbocycles. The summed E-state index contributed by atoms with van der Waals surface area (Å²) in [5.74, 6) is -0.474. The van der Waals surface area contributed by atoms with E-state index in [1.54, 1.807) is 0 Å². The molecule has 0 rings (SSSR count). The maximum atomic E-state index is 10.5. The fourth-order valence-electron chi connectivity index (χ4n) is 0.620. The van der Waals surface area contributed by atoms with Gasteiger partial charge < -0.3 is 10.1 Å². The highest BCUT2D eigenvalue weighted by atomic mass is 79.9. The van der Waals surface area contributed by atoms with Crippen LogP contribution in [0, 0.1) is 0 Å². The minimum absolute atomic E-state index is 0.131. The van der Waals surface area contributed by atoms with Gasteiger partial charge in [0.2, 0.25) is 5.91 Å². The number of halogens is 1. The SMILES string of the molecule is CC(=O)NCC(CBr)OC(C)=O. The zero-order valence-corrected chi connectivity index (χ0v) is 8.68. The second-order valence-corrected chi connectivity index (χ2v) is 2.97. The van der Waals surface area contributed by atoms with Gasteiger partial charge in [-0.25, -0.2) is 0 Å². The number of esters is 1. The normalized spacial score (nSPS) is 11.9. The molecule has 70 valence electrons. The molecule has 0 saturated heterocycles. The Morgan fingerprint density at radius 1 is 1.50 bits per heavy atom. The zero-order chi connectivity index (χ0) is 9.56. The lowest BCUT2D eigenvalue weighted by Gasteiger charge is -2.13. The second kappa shape index (κ2) is 5.99. The van der Waals surface area contributed by atoms with Crippen molar-refractivity contribution in [3.8, 4) is 0 Å². The van der Waals surface area contributed by atoms with E-state index in [0.29, 0.717) is 11.9 Å². The molecule has 0 aromatic heterocycles. The van der Waals surface area contributed by atoms with Crippen LogP contribution in [0.25, 0.3) is 0 Å². The Balaban J connectivity index is 3.67. The van der Waals surface area contributed by atoms with Crippen molar-refractivity contribution in [2.24, 2.45) is 0 Å². The van der Waals surface area contributed by atoms with E-state index in [0.717, 1.165) is 0 Å². The molecule has 0 aliphatic heterocycles. The van der Waals surface area contributed by atoms with Gasteiger partial charge in [-0.05, 0) is 0 Å². The van der Waals surface area contributed by atoms with Crippen LogP contribution in [0.2, 0.25) is 0 Å². The van der Waals surface area contributed by atoms with E-state index in [2.05, 4.69) is 21.2 Å². The Morgan fingerprint density at radius 2 is 2.08 bits per heavy atom. The van der Waals surface area contributed by atoms with Crippen LogP contribution < -0.4 is 5.32 Å². The molecule has 12 heavy (non-hydrogen) atoms. The standard InChI is InChI=1S/C7H12BrNO3/c1-5(10)9-4-7(3-8)12-6(2)11/h7H,3-4H2,1-2H3,(H,9,10). The molecule has 0 radical (unpaired) electrons. The molecule has 0 aromatic rings. The molecule has 1 amide bonds. The largest absolute Gasteiger partial charge is 0.460 e. The van der Waals surface area contributed by atoms with Gasteiger partial charge in [0.15, 0.2) is 0 Å². The molecule has 5 heteroatoms. The van der Waals surface area contributed by atoms with Crippen molar-refractivity contribution in [1.82, 2.24) is 5.32 Å². The Bertz CT molecular complexity index is 172. The van der Waals surface area contributed by atoms with Crippen LogP contribution in [-0.4, -0.2) is 29.9 Å². The quantitative estimate of drug-likeness (QED) is 0.571. The maximum absolute atomic E-state index is 10.5. The van der Waals surface area contributed by atoms with E-state index in [1.165, 1.54) is 13.8 Å². The minimum Gasteiger partial charge on any atom is -0.460 e. The van der Waals surface area contributed by atoms with Crippen molar-refractivity contribution in [2.45, 2.75) is 20.0 Å². The van der Waals surface area contributed by atoms with Crippen LogP contribution in [0.5, 0.6) is 0 Å². The van der Waals surface area contributed by atoms with Crippen LogP contribution in [0.4, 0.5) is 0 Å². The highest BCUT2D eigenvalue weighted by Gasteiger charge is 2.09. The van der Waals surface area contributed by atoms with Crippen LogP contribution >= 0.6 is 15.9 Å². The lowest BCUT2D eigenvalue weighted by molar-refractivity contribution is -0.145. The molecule has 1 N–H and O–H groups in total. The molecule has 0 aliphatic carbocycles. The molecule has 1 unspecified atom stereocenters. The lowest BCUT2D eigenvalue weighted by atomic mass is 10.4. The van der Waals surface area contributed by atoms with Crippen LogP contribution in [0.1, 0.15) is 13.8 Å². The first-order valence-corrected chi connectivity index (χ1v) is 4.66. The van der Waals surface area contributed by atoms with Gasteiger partial charge in [0, 0.05) is 19.2 Å². The number of nitrogens with one attached hydrogen (secondary N) is 1. The van der Waals surface area contributed by atoms with Gasteiger partial charge in [-0.15, -0.1) is 0 Å². The van der Waals surface area contributed by atoms with E-state index in [4.69, 9.17) is 4.74 Å². The first-order chi connectivity index (χ1) is 5.56. The fraction of sp³-hybridized carbons (Fsp3) is 0.714. The highest BCUT2D eigenvalue weighted by molar-refractivity contribution is 9.09. The molecule has 0 heterocycles. The van der Waals surface area contributed by atoms with Gasteiger partial charge in [0.1, 0.15) is 6.10 Å². The smallest absolute Gasteiger partial charge is 0.302 e. The summed E-state index contributed by atoms with van der Waals surface area (Å²) in [4.78, 5) is 21.0. The third-order valence-electron chi connectivity index (χ3n) is 1.08. The van der Waals surface area contributed by atoms with Crippen molar-refractivity contribution >= 4 is 27.8 Å². The summed E-state index contributed by atoms with van der Waals surface area (Å²) < 4.78 is 4.85. The first kappa shape index (κ1) is 11.4. The molecule has 4 nitrogen and oxygen atoms in total. The van der Waals surface area contributed by atoms with Gasteiger partial charge in [0.25, 0.3) is 0 Å². The number of carbonyl (C=O) groups is 2. The number of hydrogen-bond donors (Lipinski definition) is 1. The Morgan fingerprint density at radius 3 is 2.42 bits per heavy atom. The minimum atomic E-state index is -0.343. The molecule has 0 fully saturated rings. The molecular weight excluding hydrogens is 226 g/mol. The molecule has 1 atom stereocenters. The molecule has 0 saturated carbocycles. The summed E-state index contributed by atoms with van der Waals surface area (Å²) in [6.07, 6.45) is -0.286. The number of rotatable bonds is 4. The third-order valence-corrected chi connectivity index (χ3v) is 1.81. The van der Waals surface area contributed by atoms with E-state index in [1.807, 2.05) is 0 Å². The van der Waals surface area contributed by atoms with Gasteiger partial charge >= 0.3 is 5.97 Å². The summed E-state index contributed by atoms with van der Waals surface area (Å²) in [5, 5.41) is 3.08. The maximum Gasteiger partial charge on any atom is 0.302 e. The summed E-state index contributed by atoms with van der Waals surface area (Å²) in [7, 11) is 0. The Labute approximate surface area is 79.8 Å². The number of ether oxygens (including phenoxy) is 1. The summed E-state index contributed by atoms with van der Waals surface area (Å²) in [5.41, 5.74) is 0. The van der Waals surface area contributed by atoms with Gasteiger partial charge in [-0.1, -0.05) is 15.9 Å². The van der Waals surface area contributed by atoms with Gasteiger partial charge in [0.05, 0.1) is 6.54 Å². The average molecular weight is 238 g/mol. The Kier molecular flexibility index (Phi) is 5.70. The van der Waals surface area contributed by atoms with Crippen molar-refractivity contribution in [2.75, 3.05) is 11.9 Å². The zero-order valence-electron chi connectivity index (χ0n) is 7.09. The van der Waals surface area contributed by atoms with Crippen LogP contribution in [0.3, 0.4) is 0 Å². The Hall–Kier alpha value is -0.580. The summed E-state index contributed by atoms with van der Waals surface area (Å²) >= 11 is 3.17. The van der Waals surface area contributed by atoms with Crippen LogP contribution in [0.15, 0.2) is 0 Å². The molecule has 0 bridgehead atoms. The van der Waals surface area contributed by atoms with Crippen molar-refractivity contribution in [1.29, 1.82) is 0 Å². The lowest BCUT2D eigenvalue weighted by Crippen LogP contribution is -2.34. The first-order valence-electron chi connectivity index (χ1n) is 3.54. The number of hydrogen-bond acceptors (Lipinski definition) is 3. The van der Waals surface area contributed by atoms with E-state index in [9.17, 15) is 9.59 Å². The number of carbonyl (C=O) groups excluding carboxylic acids is 2. The van der Waals surface area contributed by atoms with Gasteiger partial charge in [-0.2, -0.15) is 0 Å². The van der Waals surface area contributed by atoms with Gasteiger partial charge in [-0.3, -0.25) is 9.59 Å². The van der Waals surface area contributed by atoms with E-state index < -0.39 is 0 Å². The van der Waals surface area contributed by atoms with Crippen molar-refractivity contribution in [3.63, 3.8) is 0 Å². The predicted molar refractivity (Wildman–Crippen MR) is 48.0 cm³/mol. The number of amides is 1. The molecule has 0 spiro atoms. The molecular formula is C7H12BrNO3. The summed E-state index contributed by atoms with van der Waals surface area (Å²) in [6, 6.07) is 0. The third kappa shape index (κ3) is 6.15. The highest BCUT2D eigenvalue weighted by Crippen LogP contribution is 1.96. The van der Waals surface area contributed by atoms with Crippen molar-refractivity contribution < 1.29 is 14.3 Å². The topological polar surface area (TPSA) is 55.4 Å². The second-order valence-electron chi connectivity index (χ2n) is 2.32. The predicted octanol–water partition coefficient (Wildman–Crippen LogP) is 0.449. The van der Waals surface area contributed by atoms with E-state index in [-0.39, 0.29) is 18.0 Å².